The Bertz CT molecular complexity index is 1270. The second kappa shape index (κ2) is 9.25. The van der Waals surface area contributed by atoms with Crippen molar-refractivity contribution in [1.82, 2.24) is 5.32 Å². The summed E-state index contributed by atoms with van der Waals surface area (Å²) in [5.74, 6) is -1.40. The molecule has 0 unspecified atom stereocenters. The first kappa shape index (κ1) is 22.7. The molecule has 0 saturated heterocycles. The highest BCUT2D eigenvalue weighted by Crippen LogP contribution is 2.44. The molecule has 0 aromatic heterocycles. The van der Waals surface area contributed by atoms with Crippen molar-refractivity contribution >= 4 is 23.7 Å². The molecule has 0 bridgehead atoms. The van der Waals surface area contributed by atoms with E-state index in [1.54, 1.807) is 19.1 Å². The monoisotopic (exact) mass is 470 g/mol. The summed E-state index contributed by atoms with van der Waals surface area (Å²) < 4.78 is 5.55. The summed E-state index contributed by atoms with van der Waals surface area (Å²) in [5, 5.41) is 14.9. The molecule has 2 amide bonds. The van der Waals surface area contributed by atoms with E-state index < -0.39 is 12.1 Å². The zero-order valence-corrected chi connectivity index (χ0v) is 19.3. The second-order valence-corrected chi connectivity index (χ2v) is 9.08. The van der Waals surface area contributed by atoms with Gasteiger partial charge in [0.2, 0.25) is 5.91 Å². The summed E-state index contributed by atoms with van der Waals surface area (Å²) in [5.41, 5.74) is 5.82. The van der Waals surface area contributed by atoms with Crippen LogP contribution >= 0.6 is 0 Å². The van der Waals surface area contributed by atoms with E-state index in [4.69, 9.17) is 4.74 Å². The Kier molecular flexibility index (Phi) is 5.99. The first-order chi connectivity index (χ1) is 16.9. The first-order valence-electron chi connectivity index (χ1n) is 11.7. The van der Waals surface area contributed by atoms with Gasteiger partial charge in [0.05, 0.1) is 5.56 Å². The maximum absolute atomic E-state index is 12.6. The molecule has 3 aromatic carbocycles. The quantitative estimate of drug-likeness (QED) is 0.460. The number of carboxylic acid groups (broad SMARTS) is 1. The molecule has 2 aliphatic rings. The van der Waals surface area contributed by atoms with Crippen molar-refractivity contribution in [3.63, 3.8) is 0 Å². The average molecular weight is 471 g/mol. The fraction of sp³-hybridized carbons (Fsp3) is 0.250. The van der Waals surface area contributed by atoms with E-state index in [-0.39, 0.29) is 35.8 Å². The van der Waals surface area contributed by atoms with E-state index in [1.807, 2.05) is 24.3 Å². The van der Waals surface area contributed by atoms with Crippen molar-refractivity contribution in [2.24, 2.45) is 11.8 Å². The maximum atomic E-state index is 12.6. The minimum atomic E-state index is -1.03. The van der Waals surface area contributed by atoms with Crippen LogP contribution in [-0.4, -0.2) is 36.2 Å². The summed E-state index contributed by atoms with van der Waals surface area (Å²) in [4.78, 5) is 36.3. The van der Waals surface area contributed by atoms with Crippen LogP contribution in [-0.2, 0) is 9.53 Å². The van der Waals surface area contributed by atoms with Gasteiger partial charge in [0.25, 0.3) is 0 Å². The van der Waals surface area contributed by atoms with Gasteiger partial charge < -0.3 is 20.5 Å². The molecule has 1 saturated carbocycles. The Hall–Kier alpha value is -4.13. The molecular formula is C28H26N2O5. The summed E-state index contributed by atoms with van der Waals surface area (Å²) >= 11 is 0. The van der Waals surface area contributed by atoms with Crippen molar-refractivity contribution in [2.45, 2.75) is 19.3 Å². The predicted molar refractivity (Wildman–Crippen MR) is 131 cm³/mol. The van der Waals surface area contributed by atoms with Crippen LogP contribution in [0.3, 0.4) is 0 Å². The third-order valence-corrected chi connectivity index (χ3v) is 6.93. The Morgan fingerprint density at radius 1 is 0.943 bits per heavy atom. The van der Waals surface area contributed by atoms with Gasteiger partial charge in [-0.05, 0) is 59.2 Å². The van der Waals surface area contributed by atoms with Gasteiger partial charge in [-0.3, -0.25) is 4.79 Å². The van der Waals surface area contributed by atoms with Gasteiger partial charge in [-0.2, -0.15) is 0 Å². The molecule has 178 valence electrons. The van der Waals surface area contributed by atoms with Crippen LogP contribution in [0.4, 0.5) is 10.5 Å². The molecule has 0 heterocycles. The maximum Gasteiger partial charge on any atom is 0.407 e. The highest BCUT2D eigenvalue weighted by molar-refractivity contribution is 5.98. The molecule has 0 aliphatic heterocycles. The minimum absolute atomic E-state index is 0.00240. The van der Waals surface area contributed by atoms with Crippen LogP contribution in [0.5, 0.6) is 0 Å². The molecule has 3 N–H and O–H groups in total. The molecular weight excluding hydrogens is 444 g/mol. The molecule has 2 aliphatic carbocycles. The van der Waals surface area contributed by atoms with E-state index >= 15 is 0 Å². The normalized spacial score (nSPS) is 17.7. The summed E-state index contributed by atoms with van der Waals surface area (Å²) in [7, 11) is 0. The number of carbonyl (C=O) groups is 3. The van der Waals surface area contributed by atoms with Crippen molar-refractivity contribution in [1.29, 1.82) is 0 Å². The van der Waals surface area contributed by atoms with Crippen molar-refractivity contribution < 1.29 is 24.2 Å². The highest BCUT2D eigenvalue weighted by Gasteiger charge is 2.43. The number of anilines is 1. The third kappa shape index (κ3) is 4.49. The van der Waals surface area contributed by atoms with Gasteiger partial charge >= 0.3 is 12.1 Å². The number of amides is 2. The average Bonchev–Trinajstić information content (AvgIpc) is 3.58. The number of aromatic carboxylic acids is 1. The van der Waals surface area contributed by atoms with Crippen molar-refractivity contribution in [3.8, 4) is 11.1 Å². The largest absolute Gasteiger partial charge is 0.478 e. The summed E-state index contributed by atoms with van der Waals surface area (Å²) in [6.45, 7) is 2.26. The Labute approximate surface area is 203 Å². The van der Waals surface area contributed by atoms with E-state index in [9.17, 15) is 19.5 Å². The van der Waals surface area contributed by atoms with Crippen LogP contribution in [0, 0.1) is 18.8 Å². The number of benzene rings is 3. The number of hydrogen-bond donors (Lipinski definition) is 3. The zero-order chi connectivity index (χ0) is 24.5. The minimum Gasteiger partial charge on any atom is -0.478 e. The third-order valence-electron chi connectivity index (χ3n) is 6.93. The lowest BCUT2D eigenvalue weighted by molar-refractivity contribution is -0.117. The smallest absolute Gasteiger partial charge is 0.407 e. The Morgan fingerprint density at radius 3 is 2.26 bits per heavy atom. The molecule has 0 spiro atoms. The van der Waals surface area contributed by atoms with E-state index in [2.05, 4.69) is 34.9 Å². The molecule has 7 heteroatoms. The van der Waals surface area contributed by atoms with Crippen LogP contribution in [0.2, 0.25) is 0 Å². The van der Waals surface area contributed by atoms with E-state index in [0.29, 0.717) is 24.2 Å². The van der Waals surface area contributed by atoms with Crippen LogP contribution in [0.25, 0.3) is 11.1 Å². The Balaban J connectivity index is 1.12. The molecule has 35 heavy (non-hydrogen) atoms. The van der Waals surface area contributed by atoms with Crippen molar-refractivity contribution in [3.05, 3.63) is 89.0 Å². The van der Waals surface area contributed by atoms with Gasteiger partial charge in [0.15, 0.2) is 0 Å². The number of nitrogens with one attached hydrogen (secondary N) is 2. The van der Waals surface area contributed by atoms with Crippen molar-refractivity contribution in [2.75, 3.05) is 18.5 Å². The Morgan fingerprint density at radius 2 is 1.60 bits per heavy atom. The van der Waals surface area contributed by atoms with Crippen LogP contribution in [0.15, 0.2) is 66.7 Å². The first-order valence-corrected chi connectivity index (χ1v) is 11.7. The standard InChI is InChI=1S/C28H26N2O5/c1-16-18(27(32)33)11-6-12-25(16)30-26(31)23-13-17(23)14-29-28(34)35-15-24-21-9-4-2-7-19(21)20-8-3-5-10-22(20)24/h2-12,17,23-24H,13-15H2,1H3,(H,29,34)(H,30,31)(H,32,33)/t17-,23-/m1/s1. The van der Waals surface area contributed by atoms with Gasteiger partial charge in [-0.1, -0.05) is 54.6 Å². The van der Waals surface area contributed by atoms with E-state index in [1.165, 1.54) is 17.2 Å². The van der Waals surface area contributed by atoms with Crippen LogP contribution < -0.4 is 10.6 Å². The van der Waals surface area contributed by atoms with Gasteiger partial charge in [0.1, 0.15) is 6.61 Å². The van der Waals surface area contributed by atoms with E-state index in [0.717, 1.165) is 11.1 Å². The fourth-order valence-electron chi connectivity index (χ4n) is 4.89. The number of alkyl carbamates (subject to hydrolysis) is 1. The molecule has 5 rings (SSSR count). The lowest BCUT2D eigenvalue weighted by Crippen LogP contribution is -2.29. The van der Waals surface area contributed by atoms with Gasteiger partial charge in [-0.25, -0.2) is 9.59 Å². The number of carboxylic acids is 1. The molecule has 3 aromatic rings. The number of ether oxygens (including phenoxy) is 1. The van der Waals surface area contributed by atoms with Gasteiger partial charge in [-0.15, -0.1) is 0 Å². The highest BCUT2D eigenvalue weighted by atomic mass is 16.5. The number of carbonyl (C=O) groups excluding carboxylic acids is 2. The van der Waals surface area contributed by atoms with Gasteiger partial charge in [0, 0.05) is 24.1 Å². The number of fused-ring (bicyclic) bond motifs is 3. The predicted octanol–water partition coefficient (Wildman–Crippen LogP) is 4.81. The molecule has 0 radical (unpaired) electrons. The fourth-order valence-corrected chi connectivity index (χ4v) is 4.89. The molecule has 7 nitrogen and oxygen atoms in total. The topological polar surface area (TPSA) is 105 Å². The molecule has 2 atom stereocenters. The summed E-state index contributed by atoms with van der Waals surface area (Å²) in [6.07, 6.45) is 0.163. The lowest BCUT2D eigenvalue weighted by Gasteiger charge is -2.14. The number of hydrogen-bond acceptors (Lipinski definition) is 4. The SMILES string of the molecule is Cc1c(NC(=O)[C@@H]2C[C@@H]2CNC(=O)OCC2c3ccccc3-c3ccccc32)cccc1C(=O)O. The summed E-state index contributed by atoms with van der Waals surface area (Å²) in [6, 6.07) is 21.1. The molecule has 1 fully saturated rings. The second-order valence-electron chi connectivity index (χ2n) is 9.08. The van der Waals surface area contributed by atoms with Crippen LogP contribution in [0.1, 0.15) is 39.4 Å². The zero-order valence-electron chi connectivity index (χ0n) is 19.3. The lowest BCUT2D eigenvalue weighted by atomic mass is 9.98. The number of rotatable bonds is 7.